The van der Waals surface area contributed by atoms with E-state index in [1.54, 1.807) is 0 Å². The second-order valence-corrected chi connectivity index (χ2v) is 4.39. The number of carbonyl (C=O) groups is 1. The van der Waals surface area contributed by atoms with Crippen LogP contribution in [0.5, 0.6) is 0 Å². The van der Waals surface area contributed by atoms with Crippen molar-refractivity contribution >= 4 is 5.97 Å². The van der Waals surface area contributed by atoms with Gasteiger partial charge in [-0.15, -0.1) is 0 Å². The number of carboxylic acid groups (broad SMARTS) is 1. The average Bonchev–Trinajstić information content (AvgIpc) is 2.55. The topological polar surface area (TPSA) is 40.5 Å². The van der Waals surface area contributed by atoms with Crippen LogP contribution < -0.4 is 0 Å². The number of rotatable bonds is 2. The molecule has 3 nitrogen and oxygen atoms in total. The Labute approximate surface area is 72.4 Å². The van der Waals surface area contributed by atoms with E-state index >= 15 is 0 Å². The van der Waals surface area contributed by atoms with Gasteiger partial charge in [-0.3, -0.25) is 9.69 Å². The number of aliphatic carboxylic acids is 1. The molecule has 1 saturated heterocycles. The predicted octanol–water partition coefficient (Wildman–Crippen LogP) is 0.801. The van der Waals surface area contributed by atoms with E-state index in [9.17, 15) is 4.79 Å². The first kappa shape index (κ1) is 8.05. The summed E-state index contributed by atoms with van der Waals surface area (Å²) in [6.07, 6.45) is 0.908. The van der Waals surface area contributed by atoms with Crippen LogP contribution in [-0.2, 0) is 4.79 Å². The zero-order chi connectivity index (χ0) is 8.93. The third-order valence-electron chi connectivity index (χ3n) is 3.33. The normalized spacial score (nSPS) is 40.1. The van der Waals surface area contributed by atoms with Gasteiger partial charge < -0.3 is 5.11 Å². The molecule has 2 aliphatic rings. The third kappa shape index (κ3) is 0.891. The van der Waals surface area contributed by atoms with E-state index in [-0.39, 0.29) is 5.41 Å². The molecule has 0 bridgehead atoms. The SMILES string of the molecule is CC(C)N1CC2CC2(C(=O)O)C1. The van der Waals surface area contributed by atoms with Crippen molar-refractivity contribution in [2.75, 3.05) is 13.1 Å². The molecule has 0 spiro atoms. The summed E-state index contributed by atoms with van der Waals surface area (Å²) in [5, 5.41) is 8.99. The van der Waals surface area contributed by atoms with Gasteiger partial charge in [-0.2, -0.15) is 0 Å². The van der Waals surface area contributed by atoms with Crippen LogP contribution in [0.15, 0.2) is 0 Å². The second-order valence-electron chi connectivity index (χ2n) is 4.39. The molecule has 0 aromatic carbocycles. The number of hydrogen-bond acceptors (Lipinski definition) is 2. The van der Waals surface area contributed by atoms with Gasteiger partial charge in [-0.1, -0.05) is 0 Å². The van der Waals surface area contributed by atoms with Crippen molar-refractivity contribution in [2.45, 2.75) is 26.3 Å². The van der Waals surface area contributed by atoms with E-state index in [2.05, 4.69) is 18.7 Å². The maximum atomic E-state index is 10.9. The van der Waals surface area contributed by atoms with Crippen molar-refractivity contribution in [2.24, 2.45) is 11.3 Å². The van der Waals surface area contributed by atoms with Gasteiger partial charge in [0.25, 0.3) is 0 Å². The predicted molar refractivity (Wildman–Crippen MR) is 44.9 cm³/mol. The van der Waals surface area contributed by atoms with Gasteiger partial charge in [-0.25, -0.2) is 0 Å². The van der Waals surface area contributed by atoms with Crippen molar-refractivity contribution in [3.63, 3.8) is 0 Å². The third-order valence-corrected chi connectivity index (χ3v) is 3.33. The fourth-order valence-corrected chi connectivity index (χ4v) is 2.25. The standard InChI is InChI=1S/C9H15NO2/c1-6(2)10-4-7-3-9(7,5-10)8(11)12/h6-7H,3-5H2,1-2H3,(H,11,12). The number of likely N-dealkylation sites (tertiary alicyclic amines) is 1. The fraction of sp³-hybridized carbons (Fsp3) is 0.889. The molecule has 0 amide bonds. The van der Waals surface area contributed by atoms with Gasteiger partial charge in [-0.05, 0) is 26.2 Å². The van der Waals surface area contributed by atoms with Crippen molar-refractivity contribution in [1.82, 2.24) is 4.90 Å². The monoisotopic (exact) mass is 169 g/mol. The number of hydrogen-bond donors (Lipinski definition) is 1. The molecule has 1 saturated carbocycles. The van der Waals surface area contributed by atoms with Gasteiger partial charge in [0, 0.05) is 19.1 Å². The van der Waals surface area contributed by atoms with Crippen molar-refractivity contribution in [1.29, 1.82) is 0 Å². The molecule has 2 rings (SSSR count). The van der Waals surface area contributed by atoms with Crippen LogP contribution in [0.2, 0.25) is 0 Å². The van der Waals surface area contributed by atoms with Gasteiger partial charge in [0.15, 0.2) is 0 Å². The highest BCUT2D eigenvalue weighted by atomic mass is 16.4. The number of fused-ring (bicyclic) bond motifs is 1. The number of piperidine rings is 1. The Kier molecular flexibility index (Phi) is 1.49. The number of nitrogens with zero attached hydrogens (tertiary/aromatic N) is 1. The lowest BCUT2D eigenvalue weighted by molar-refractivity contribution is -0.143. The molecule has 1 N–H and O–H groups in total. The fourth-order valence-electron chi connectivity index (χ4n) is 2.25. The van der Waals surface area contributed by atoms with E-state index in [4.69, 9.17) is 5.11 Å². The van der Waals surface area contributed by atoms with Crippen LogP contribution in [0.25, 0.3) is 0 Å². The van der Waals surface area contributed by atoms with Crippen molar-refractivity contribution < 1.29 is 9.90 Å². The quantitative estimate of drug-likeness (QED) is 0.664. The minimum absolute atomic E-state index is 0.343. The van der Waals surface area contributed by atoms with E-state index in [1.165, 1.54) is 0 Å². The lowest BCUT2D eigenvalue weighted by atomic mass is 10.1. The summed E-state index contributed by atoms with van der Waals surface area (Å²) >= 11 is 0. The molecule has 0 aromatic rings. The van der Waals surface area contributed by atoms with Crippen LogP contribution in [0.3, 0.4) is 0 Å². The van der Waals surface area contributed by atoms with Crippen LogP contribution in [0.4, 0.5) is 0 Å². The Balaban J connectivity index is 2.05. The lowest BCUT2D eigenvalue weighted by Gasteiger charge is -2.22. The van der Waals surface area contributed by atoms with Crippen LogP contribution >= 0.6 is 0 Å². The Morgan fingerprint density at radius 2 is 2.33 bits per heavy atom. The Bertz CT molecular complexity index is 227. The van der Waals surface area contributed by atoms with Crippen LogP contribution in [0.1, 0.15) is 20.3 Å². The van der Waals surface area contributed by atoms with E-state index in [1.807, 2.05) is 0 Å². The summed E-state index contributed by atoms with van der Waals surface area (Å²) in [6.45, 7) is 6.01. The largest absolute Gasteiger partial charge is 0.481 e. The van der Waals surface area contributed by atoms with E-state index in [0.717, 1.165) is 19.5 Å². The molecule has 0 radical (unpaired) electrons. The Hall–Kier alpha value is -0.570. The smallest absolute Gasteiger partial charge is 0.311 e. The summed E-state index contributed by atoms with van der Waals surface area (Å²) < 4.78 is 0. The highest BCUT2D eigenvalue weighted by Crippen LogP contribution is 2.58. The first-order valence-corrected chi connectivity index (χ1v) is 4.54. The molecule has 2 fully saturated rings. The average molecular weight is 169 g/mol. The second kappa shape index (κ2) is 2.22. The molecule has 2 atom stereocenters. The zero-order valence-electron chi connectivity index (χ0n) is 7.58. The molecular weight excluding hydrogens is 154 g/mol. The number of carboxylic acids is 1. The van der Waals surface area contributed by atoms with Gasteiger partial charge in [0.2, 0.25) is 0 Å². The highest BCUT2D eigenvalue weighted by Gasteiger charge is 2.65. The Morgan fingerprint density at radius 1 is 1.67 bits per heavy atom. The minimum atomic E-state index is -0.587. The molecule has 2 unspecified atom stereocenters. The van der Waals surface area contributed by atoms with Gasteiger partial charge >= 0.3 is 5.97 Å². The zero-order valence-corrected chi connectivity index (χ0v) is 7.58. The molecular formula is C9H15NO2. The minimum Gasteiger partial charge on any atom is -0.481 e. The molecule has 3 heteroatoms. The lowest BCUT2D eigenvalue weighted by Crippen LogP contribution is -2.33. The molecule has 68 valence electrons. The van der Waals surface area contributed by atoms with Crippen molar-refractivity contribution in [3.8, 4) is 0 Å². The molecule has 0 aromatic heterocycles. The maximum absolute atomic E-state index is 10.9. The summed E-state index contributed by atoms with van der Waals surface area (Å²) in [6, 6.07) is 0.494. The van der Waals surface area contributed by atoms with Gasteiger partial charge in [0.1, 0.15) is 0 Å². The maximum Gasteiger partial charge on any atom is 0.311 e. The molecule has 1 aliphatic heterocycles. The summed E-state index contributed by atoms with van der Waals surface area (Å²) in [4.78, 5) is 13.2. The van der Waals surface area contributed by atoms with Crippen molar-refractivity contribution in [3.05, 3.63) is 0 Å². The first-order valence-electron chi connectivity index (χ1n) is 4.54. The first-order chi connectivity index (χ1) is 5.56. The van der Waals surface area contributed by atoms with Crippen LogP contribution in [-0.4, -0.2) is 35.1 Å². The van der Waals surface area contributed by atoms with Crippen LogP contribution in [0, 0.1) is 11.3 Å². The highest BCUT2D eigenvalue weighted by molar-refractivity contribution is 5.79. The van der Waals surface area contributed by atoms with E-state index < -0.39 is 5.97 Å². The molecule has 1 heterocycles. The molecule has 1 aliphatic carbocycles. The van der Waals surface area contributed by atoms with E-state index in [0.29, 0.717) is 12.0 Å². The summed E-state index contributed by atoms with van der Waals surface area (Å²) in [5.74, 6) is -0.145. The Morgan fingerprint density at radius 3 is 2.67 bits per heavy atom. The van der Waals surface area contributed by atoms with Gasteiger partial charge in [0.05, 0.1) is 5.41 Å². The summed E-state index contributed by atoms with van der Waals surface area (Å²) in [7, 11) is 0. The summed E-state index contributed by atoms with van der Waals surface area (Å²) in [5.41, 5.74) is -0.343. The molecule has 12 heavy (non-hydrogen) atoms.